The van der Waals surface area contributed by atoms with Crippen LogP contribution in [0.3, 0.4) is 0 Å². The second-order valence-corrected chi connectivity index (χ2v) is 7.02. The largest absolute Gasteiger partial charge is 0.477 e. The van der Waals surface area contributed by atoms with Gasteiger partial charge in [0.25, 0.3) is 0 Å². The maximum Gasteiger partial charge on any atom is 0.341 e. The third-order valence-electron chi connectivity index (χ3n) is 5.22. The molecular weight excluding hydrogens is 385 g/mol. The number of carboxylic acids is 1. The average molecular weight is 402 g/mol. The second-order valence-electron chi connectivity index (χ2n) is 7.02. The summed E-state index contributed by atoms with van der Waals surface area (Å²) in [4.78, 5) is 25.9. The van der Waals surface area contributed by atoms with Gasteiger partial charge in [0.05, 0.1) is 17.7 Å². The zero-order chi connectivity index (χ0) is 20.7. The van der Waals surface area contributed by atoms with Crippen LogP contribution in [0.5, 0.6) is 0 Å². The standard InChI is InChI=1S/C21H17F3N2O3/c22-15-4-3-5-16(23)13(15)10-26-11-14(21(28)29)20(27)12-8-17(24)19(9-18(12)26)25-6-1-2-7-25/h3-5,8-9,11H,1-2,6-7,10H2,(H,28,29). The van der Waals surface area contributed by atoms with Gasteiger partial charge in [-0.25, -0.2) is 18.0 Å². The lowest BCUT2D eigenvalue weighted by Gasteiger charge is -2.21. The van der Waals surface area contributed by atoms with Gasteiger partial charge in [-0.1, -0.05) is 6.07 Å². The summed E-state index contributed by atoms with van der Waals surface area (Å²) >= 11 is 0. The summed E-state index contributed by atoms with van der Waals surface area (Å²) in [6, 6.07) is 5.86. The molecule has 0 saturated carbocycles. The number of halogens is 3. The topological polar surface area (TPSA) is 62.5 Å². The van der Waals surface area contributed by atoms with Crippen LogP contribution in [0.15, 0.2) is 41.3 Å². The molecule has 1 fully saturated rings. The van der Waals surface area contributed by atoms with Crippen LogP contribution in [-0.4, -0.2) is 28.7 Å². The zero-order valence-electron chi connectivity index (χ0n) is 15.3. The predicted octanol–water partition coefficient (Wildman–Crippen LogP) is 3.77. The molecule has 150 valence electrons. The lowest BCUT2D eigenvalue weighted by atomic mass is 10.1. The van der Waals surface area contributed by atoms with Gasteiger partial charge >= 0.3 is 5.97 Å². The molecule has 29 heavy (non-hydrogen) atoms. The van der Waals surface area contributed by atoms with E-state index in [1.807, 2.05) is 4.90 Å². The molecule has 2 heterocycles. The minimum atomic E-state index is -1.50. The van der Waals surface area contributed by atoms with E-state index in [2.05, 4.69) is 0 Å². The van der Waals surface area contributed by atoms with E-state index in [0.717, 1.165) is 37.2 Å². The van der Waals surface area contributed by atoms with E-state index >= 15 is 0 Å². The van der Waals surface area contributed by atoms with Crippen molar-refractivity contribution >= 4 is 22.6 Å². The third kappa shape index (κ3) is 3.35. The summed E-state index contributed by atoms with van der Waals surface area (Å²) in [5, 5.41) is 9.21. The van der Waals surface area contributed by atoms with Gasteiger partial charge in [-0.05, 0) is 37.1 Å². The molecule has 5 nitrogen and oxygen atoms in total. The van der Waals surface area contributed by atoms with Crippen LogP contribution >= 0.6 is 0 Å². The first-order valence-corrected chi connectivity index (χ1v) is 9.14. The molecule has 0 atom stereocenters. The number of nitrogens with zero attached hydrogens (tertiary/aromatic N) is 2. The highest BCUT2D eigenvalue weighted by atomic mass is 19.1. The molecule has 1 aliphatic rings. The normalized spacial score (nSPS) is 14.0. The van der Waals surface area contributed by atoms with E-state index < -0.39 is 34.4 Å². The Labute approximate surface area is 163 Å². The fourth-order valence-corrected chi connectivity index (χ4v) is 3.74. The number of carbonyl (C=O) groups is 1. The molecule has 2 aromatic carbocycles. The van der Waals surface area contributed by atoms with Crippen molar-refractivity contribution in [2.24, 2.45) is 0 Å². The maximum absolute atomic E-state index is 14.7. The summed E-state index contributed by atoms with van der Waals surface area (Å²) in [5.74, 6) is -3.72. The molecule has 0 radical (unpaired) electrons. The van der Waals surface area contributed by atoms with E-state index in [9.17, 15) is 27.9 Å². The second kappa shape index (κ2) is 7.27. The smallest absolute Gasteiger partial charge is 0.341 e. The van der Waals surface area contributed by atoms with Gasteiger partial charge in [-0.3, -0.25) is 4.79 Å². The predicted molar refractivity (Wildman–Crippen MR) is 102 cm³/mol. The van der Waals surface area contributed by atoms with E-state index in [1.165, 1.54) is 16.7 Å². The van der Waals surface area contributed by atoms with Gasteiger partial charge < -0.3 is 14.6 Å². The molecule has 1 N–H and O–H groups in total. The molecule has 0 amide bonds. The highest BCUT2D eigenvalue weighted by Crippen LogP contribution is 2.28. The van der Waals surface area contributed by atoms with Crippen molar-refractivity contribution in [3.05, 3.63) is 75.3 Å². The van der Waals surface area contributed by atoms with Crippen molar-refractivity contribution in [1.29, 1.82) is 0 Å². The Morgan fingerprint density at radius 2 is 1.69 bits per heavy atom. The minimum absolute atomic E-state index is 0.151. The Morgan fingerprint density at radius 1 is 1.03 bits per heavy atom. The molecule has 4 rings (SSSR count). The molecule has 0 spiro atoms. The molecule has 1 saturated heterocycles. The van der Waals surface area contributed by atoms with E-state index in [0.29, 0.717) is 13.1 Å². The Morgan fingerprint density at radius 3 is 2.31 bits per heavy atom. The van der Waals surface area contributed by atoms with Gasteiger partial charge in [0.2, 0.25) is 5.43 Å². The SMILES string of the molecule is O=C(O)c1cn(Cc2c(F)cccc2F)c2cc(N3CCCC3)c(F)cc2c1=O. The molecular formula is C21H17F3N2O3. The van der Waals surface area contributed by atoms with Crippen molar-refractivity contribution in [1.82, 2.24) is 4.57 Å². The van der Waals surface area contributed by atoms with Crippen LogP contribution < -0.4 is 10.3 Å². The fraction of sp³-hybridized carbons (Fsp3) is 0.238. The number of hydrogen-bond donors (Lipinski definition) is 1. The van der Waals surface area contributed by atoms with E-state index in [1.54, 1.807) is 0 Å². The lowest BCUT2D eigenvalue weighted by molar-refractivity contribution is 0.0695. The quantitative estimate of drug-likeness (QED) is 0.722. The Balaban J connectivity index is 1.97. The van der Waals surface area contributed by atoms with Gasteiger partial charge in [0, 0.05) is 30.2 Å². The number of pyridine rings is 1. The average Bonchev–Trinajstić information content (AvgIpc) is 3.20. The molecule has 0 aliphatic carbocycles. The van der Waals surface area contributed by atoms with Gasteiger partial charge in [0.15, 0.2) is 0 Å². The van der Waals surface area contributed by atoms with Crippen LogP contribution in [0.1, 0.15) is 28.8 Å². The Kier molecular flexibility index (Phi) is 4.77. The summed E-state index contributed by atoms with van der Waals surface area (Å²) < 4.78 is 44.3. The molecule has 0 bridgehead atoms. The molecule has 0 unspecified atom stereocenters. The highest BCUT2D eigenvalue weighted by Gasteiger charge is 2.22. The fourth-order valence-electron chi connectivity index (χ4n) is 3.74. The number of aromatic nitrogens is 1. The molecule has 8 heteroatoms. The number of fused-ring (bicyclic) bond motifs is 1. The van der Waals surface area contributed by atoms with Crippen LogP contribution in [0.4, 0.5) is 18.9 Å². The summed E-state index contributed by atoms with van der Waals surface area (Å²) in [5.41, 5.74) is -1.22. The number of rotatable bonds is 4. The molecule has 1 aliphatic heterocycles. The third-order valence-corrected chi connectivity index (χ3v) is 5.22. The van der Waals surface area contributed by atoms with Crippen LogP contribution in [0.2, 0.25) is 0 Å². The highest BCUT2D eigenvalue weighted by molar-refractivity contribution is 5.93. The van der Waals surface area contributed by atoms with Crippen LogP contribution in [0.25, 0.3) is 10.9 Å². The number of aromatic carboxylic acids is 1. The first-order valence-electron chi connectivity index (χ1n) is 9.14. The van der Waals surface area contributed by atoms with E-state index in [-0.39, 0.29) is 28.7 Å². The monoisotopic (exact) mass is 402 g/mol. The number of benzene rings is 2. The zero-order valence-corrected chi connectivity index (χ0v) is 15.3. The lowest BCUT2D eigenvalue weighted by Crippen LogP contribution is -2.22. The first-order chi connectivity index (χ1) is 13.9. The Bertz CT molecular complexity index is 1160. The van der Waals surface area contributed by atoms with Crippen LogP contribution in [-0.2, 0) is 6.54 Å². The van der Waals surface area contributed by atoms with Crippen molar-refractivity contribution < 1.29 is 23.1 Å². The van der Waals surface area contributed by atoms with Crippen LogP contribution in [0, 0.1) is 17.5 Å². The van der Waals surface area contributed by atoms with Crippen molar-refractivity contribution in [3.8, 4) is 0 Å². The number of carboxylic acid groups (broad SMARTS) is 1. The van der Waals surface area contributed by atoms with Gasteiger partial charge in [0.1, 0.15) is 23.0 Å². The molecule has 1 aromatic heterocycles. The first kappa shape index (κ1) is 19.0. The van der Waals surface area contributed by atoms with Gasteiger partial charge in [-0.2, -0.15) is 0 Å². The Hall–Kier alpha value is -3.29. The number of anilines is 1. The van der Waals surface area contributed by atoms with Crippen molar-refractivity contribution in [3.63, 3.8) is 0 Å². The summed E-state index contributed by atoms with van der Waals surface area (Å²) in [7, 11) is 0. The summed E-state index contributed by atoms with van der Waals surface area (Å²) in [6.07, 6.45) is 2.86. The van der Waals surface area contributed by atoms with Gasteiger partial charge in [-0.15, -0.1) is 0 Å². The van der Waals surface area contributed by atoms with E-state index in [4.69, 9.17) is 0 Å². The summed E-state index contributed by atoms with van der Waals surface area (Å²) in [6.45, 7) is 0.963. The van der Waals surface area contributed by atoms with Crippen molar-refractivity contribution in [2.45, 2.75) is 19.4 Å². The molecule has 3 aromatic rings. The number of hydrogen-bond acceptors (Lipinski definition) is 3. The minimum Gasteiger partial charge on any atom is -0.477 e. The maximum atomic E-state index is 14.7. The van der Waals surface area contributed by atoms with Crippen molar-refractivity contribution in [2.75, 3.05) is 18.0 Å².